The van der Waals surface area contributed by atoms with Crippen LogP contribution in [-0.4, -0.2) is 10.5 Å². The van der Waals surface area contributed by atoms with Crippen LogP contribution in [0, 0.1) is 5.92 Å². The molecule has 4 heteroatoms. The van der Waals surface area contributed by atoms with Crippen molar-refractivity contribution in [3.63, 3.8) is 0 Å². The van der Waals surface area contributed by atoms with Crippen LogP contribution in [0.1, 0.15) is 32.1 Å². The number of amidine groups is 1. The topological polar surface area (TPSA) is 50.4 Å². The molecule has 3 nitrogen and oxygen atoms in total. The summed E-state index contributed by atoms with van der Waals surface area (Å²) in [6, 6.07) is 0. The summed E-state index contributed by atoms with van der Waals surface area (Å²) < 4.78 is 0. The summed E-state index contributed by atoms with van der Waals surface area (Å²) in [5.74, 6) is 0.786. The van der Waals surface area contributed by atoms with Crippen molar-refractivity contribution in [3.8, 4) is 0 Å². The van der Waals surface area contributed by atoms with Crippen LogP contribution in [0.25, 0.3) is 0 Å². The van der Waals surface area contributed by atoms with Gasteiger partial charge in [0.1, 0.15) is 0 Å². The highest BCUT2D eigenvalue weighted by Crippen LogP contribution is 2.32. The maximum Gasteiger partial charge on any atom is 0.179 e. The van der Waals surface area contributed by atoms with Crippen molar-refractivity contribution >= 4 is 16.9 Å². The van der Waals surface area contributed by atoms with Gasteiger partial charge in [-0.2, -0.15) is 5.10 Å². The predicted octanol–water partition coefficient (Wildman–Crippen LogP) is 1.46. The summed E-state index contributed by atoms with van der Waals surface area (Å²) in [5.41, 5.74) is 8.68. The molecular formula is C8H15N3S. The Kier molecular flexibility index (Phi) is 2.44. The maximum atomic E-state index is 5.58. The third kappa shape index (κ3) is 1.68. The van der Waals surface area contributed by atoms with Crippen molar-refractivity contribution in [3.05, 3.63) is 0 Å². The molecule has 2 rings (SSSR count). The van der Waals surface area contributed by atoms with Crippen LogP contribution in [0.3, 0.4) is 0 Å². The predicted molar refractivity (Wildman–Crippen MR) is 52.7 cm³/mol. The zero-order valence-corrected chi connectivity index (χ0v) is 7.94. The van der Waals surface area contributed by atoms with Crippen LogP contribution >= 0.6 is 11.8 Å². The van der Waals surface area contributed by atoms with Crippen LogP contribution in [0.4, 0.5) is 0 Å². The van der Waals surface area contributed by atoms with Crippen LogP contribution < -0.4 is 11.2 Å². The van der Waals surface area contributed by atoms with E-state index in [0.717, 1.165) is 5.92 Å². The Morgan fingerprint density at radius 2 is 2.08 bits per heavy atom. The molecule has 1 fully saturated rings. The van der Waals surface area contributed by atoms with Gasteiger partial charge in [-0.15, -0.1) is 0 Å². The fourth-order valence-electron chi connectivity index (χ4n) is 1.95. The van der Waals surface area contributed by atoms with Crippen LogP contribution in [0.5, 0.6) is 0 Å². The molecule has 1 aliphatic carbocycles. The minimum atomic E-state index is 0.463. The summed E-state index contributed by atoms with van der Waals surface area (Å²) in [6.07, 6.45) is 6.85. The first-order chi connectivity index (χ1) is 5.86. The fourth-order valence-corrected chi connectivity index (χ4v) is 2.88. The number of hydrazone groups is 1. The van der Waals surface area contributed by atoms with Gasteiger partial charge in [0.2, 0.25) is 0 Å². The monoisotopic (exact) mass is 185 g/mol. The highest BCUT2D eigenvalue weighted by molar-refractivity contribution is 8.14. The Morgan fingerprint density at radius 1 is 1.33 bits per heavy atom. The van der Waals surface area contributed by atoms with Gasteiger partial charge in [-0.1, -0.05) is 31.0 Å². The molecule has 0 bridgehead atoms. The number of hydrogen-bond donors (Lipinski definition) is 2. The van der Waals surface area contributed by atoms with Gasteiger partial charge in [0.15, 0.2) is 5.17 Å². The number of nitrogens with one attached hydrogen (secondary N) is 1. The molecule has 0 amide bonds. The molecular weight excluding hydrogens is 170 g/mol. The maximum absolute atomic E-state index is 5.58. The minimum Gasteiger partial charge on any atom is -0.377 e. The molecule has 1 unspecified atom stereocenters. The van der Waals surface area contributed by atoms with Gasteiger partial charge in [-0.3, -0.25) is 5.43 Å². The molecule has 0 aromatic rings. The summed E-state index contributed by atoms with van der Waals surface area (Å²) in [7, 11) is 0. The molecule has 1 aliphatic heterocycles. The highest BCUT2D eigenvalue weighted by Gasteiger charge is 2.27. The van der Waals surface area contributed by atoms with E-state index in [2.05, 4.69) is 10.5 Å². The second kappa shape index (κ2) is 3.56. The van der Waals surface area contributed by atoms with E-state index < -0.39 is 0 Å². The third-order valence-corrected chi connectivity index (χ3v) is 3.70. The summed E-state index contributed by atoms with van der Waals surface area (Å²) in [6.45, 7) is 0. The average Bonchev–Trinajstić information content (AvgIpc) is 2.54. The Bertz CT molecular complexity index is 187. The zero-order chi connectivity index (χ0) is 8.39. The van der Waals surface area contributed by atoms with Crippen LogP contribution in [-0.2, 0) is 0 Å². The van der Waals surface area contributed by atoms with Gasteiger partial charge in [0.25, 0.3) is 0 Å². The van der Waals surface area contributed by atoms with E-state index in [1.807, 2.05) is 0 Å². The molecule has 12 heavy (non-hydrogen) atoms. The normalized spacial score (nSPS) is 31.3. The molecule has 0 saturated heterocycles. The summed E-state index contributed by atoms with van der Waals surface area (Å²) in [5, 5.41) is 5.16. The van der Waals surface area contributed by atoms with Crippen molar-refractivity contribution < 1.29 is 0 Å². The van der Waals surface area contributed by atoms with E-state index in [1.165, 1.54) is 32.1 Å². The SMILES string of the molecule is NC1=NNC(C2CCCCC2)S1. The number of thioether (sulfide) groups is 1. The highest BCUT2D eigenvalue weighted by atomic mass is 32.2. The molecule has 0 aromatic heterocycles. The molecule has 0 radical (unpaired) electrons. The Balaban J connectivity index is 1.85. The first-order valence-corrected chi connectivity index (χ1v) is 5.49. The number of nitrogens with zero attached hydrogens (tertiary/aromatic N) is 1. The molecule has 68 valence electrons. The van der Waals surface area contributed by atoms with E-state index in [-0.39, 0.29) is 0 Å². The lowest BCUT2D eigenvalue weighted by molar-refractivity contribution is 0.330. The van der Waals surface area contributed by atoms with Crippen LogP contribution in [0.2, 0.25) is 0 Å². The molecule has 0 spiro atoms. The van der Waals surface area contributed by atoms with E-state index in [9.17, 15) is 0 Å². The molecule has 2 aliphatic rings. The van der Waals surface area contributed by atoms with E-state index in [0.29, 0.717) is 10.5 Å². The van der Waals surface area contributed by atoms with Crippen LogP contribution in [0.15, 0.2) is 5.10 Å². The van der Waals surface area contributed by atoms with Crippen molar-refractivity contribution in [2.24, 2.45) is 16.8 Å². The molecule has 3 N–H and O–H groups in total. The first-order valence-electron chi connectivity index (χ1n) is 4.61. The van der Waals surface area contributed by atoms with E-state index in [1.54, 1.807) is 11.8 Å². The third-order valence-electron chi connectivity index (χ3n) is 2.63. The van der Waals surface area contributed by atoms with Gasteiger partial charge in [0.05, 0.1) is 5.37 Å². The second-order valence-corrected chi connectivity index (χ2v) is 4.68. The van der Waals surface area contributed by atoms with E-state index >= 15 is 0 Å². The molecule has 0 aromatic carbocycles. The largest absolute Gasteiger partial charge is 0.377 e. The van der Waals surface area contributed by atoms with Crippen molar-refractivity contribution in [2.45, 2.75) is 37.5 Å². The van der Waals surface area contributed by atoms with Gasteiger partial charge < -0.3 is 5.73 Å². The molecule has 1 atom stereocenters. The Morgan fingerprint density at radius 3 is 2.67 bits per heavy atom. The smallest absolute Gasteiger partial charge is 0.179 e. The number of hydrogen-bond acceptors (Lipinski definition) is 4. The zero-order valence-electron chi connectivity index (χ0n) is 7.12. The van der Waals surface area contributed by atoms with Crippen molar-refractivity contribution in [1.82, 2.24) is 5.43 Å². The summed E-state index contributed by atoms with van der Waals surface area (Å²) >= 11 is 1.69. The lowest BCUT2D eigenvalue weighted by atomic mass is 9.89. The fraction of sp³-hybridized carbons (Fsp3) is 0.875. The lowest BCUT2D eigenvalue weighted by Crippen LogP contribution is -2.28. The standard InChI is InChI=1S/C8H15N3S/c9-8-11-10-7(12-8)6-4-2-1-3-5-6/h6-7,10H,1-5H2,(H2,9,11). The van der Waals surface area contributed by atoms with Gasteiger partial charge in [-0.25, -0.2) is 0 Å². The van der Waals surface area contributed by atoms with E-state index in [4.69, 9.17) is 5.73 Å². The van der Waals surface area contributed by atoms with Gasteiger partial charge in [-0.05, 0) is 18.8 Å². The quantitative estimate of drug-likeness (QED) is 0.650. The average molecular weight is 185 g/mol. The first kappa shape index (κ1) is 8.23. The van der Waals surface area contributed by atoms with Gasteiger partial charge >= 0.3 is 0 Å². The number of nitrogens with two attached hydrogens (primary N) is 1. The lowest BCUT2D eigenvalue weighted by Gasteiger charge is -2.25. The molecule has 1 heterocycles. The number of rotatable bonds is 1. The van der Waals surface area contributed by atoms with Crippen molar-refractivity contribution in [1.29, 1.82) is 0 Å². The van der Waals surface area contributed by atoms with Gasteiger partial charge in [0, 0.05) is 0 Å². The Hall–Kier alpha value is -0.380. The van der Waals surface area contributed by atoms with Crippen molar-refractivity contribution in [2.75, 3.05) is 0 Å². The minimum absolute atomic E-state index is 0.463. The molecule has 1 saturated carbocycles. The summed E-state index contributed by atoms with van der Waals surface area (Å²) in [4.78, 5) is 0. The Labute approximate surface area is 77.2 Å². The second-order valence-electron chi connectivity index (χ2n) is 3.52.